The van der Waals surface area contributed by atoms with Crippen molar-refractivity contribution in [3.8, 4) is 17.5 Å². The minimum atomic E-state index is 0.304. The van der Waals surface area contributed by atoms with Gasteiger partial charge in [0.25, 0.3) is 0 Å². The van der Waals surface area contributed by atoms with Crippen molar-refractivity contribution in [1.82, 2.24) is 9.97 Å². The summed E-state index contributed by atoms with van der Waals surface area (Å²) in [5, 5.41) is 12.2. The number of hydrazone groups is 1. The lowest BCUT2D eigenvalue weighted by molar-refractivity contribution is 1.17. The van der Waals surface area contributed by atoms with E-state index < -0.39 is 0 Å². The Balaban J connectivity index is 2.19. The van der Waals surface area contributed by atoms with Crippen molar-refractivity contribution in [2.45, 2.75) is 6.42 Å². The molecule has 0 atom stereocenters. The molecule has 2 rings (SSSR count). The van der Waals surface area contributed by atoms with Crippen LogP contribution in [0.4, 0.5) is 0 Å². The molecule has 18 heavy (non-hydrogen) atoms. The van der Waals surface area contributed by atoms with E-state index in [1.807, 2.05) is 30.3 Å². The largest absolute Gasteiger partial charge is 0.322 e. The van der Waals surface area contributed by atoms with Crippen LogP contribution in [-0.2, 0) is 6.42 Å². The van der Waals surface area contributed by atoms with Crippen molar-refractivity contribution in [2.24, 2.45) is 10.9 Å². The molecule has 5 nitrogen and oxygen atoms in total. The summed E-state index contributed by atoms with van der Waals surface area (Å²) in [7, 11) is 0. The summed E-state index contributed by atoms with van der Waals surface area (Å²) in [6.45, 7) is 0. The van der Waals surface area contributed by atoms with Gasteiger partial charge in [-0.05, 0) is 11.6 Å². The predicted molar refractivity (Wildman–Crippen MR) is 68.4 cm³/mol. The van der Waals surface area contributed by atoms with Gasteiger partial charge in [-0.2, -0.15) is 10.4 Å². The predicted octanol–water partition coefficient (Wildman–Crippen LogP) is 1.52. The third kappa shape index (κ3) is 2.68. The molecule has 1 heterocycles. The highest BCUT2D eigenvalue weighted by Gasteiger charge is 2.02. The Morgan fingerprint density at radius 2 is 1.89 bits per heavy atom. The van der Waals surface area contributed by atoms with Gasteiger partial charge in [0.2, 0.25) is 0 Å². The van der Waals surface area contributed by atoms with Crippen LogP contribution in [-0.4, -0.2) is 15.7 Å². The molecule has 2 N–H and O–H groups in total. The molecule has 0 spiro atoms. The molecule has 0 unspecified atom stereocenters. The Kier molecular flexibility index (Phi) is 3.62. The van der Waals surface area contributed by atoms with Crippen LogP contribution in [0, 0.1) is 11.3 Å². The fourth-order valence-electron chi connectivity index (χ4n) is 1.53. The number of nitrogens with zero attached hydrogens (tertiary/aromatic N) is 4. The number of aromatic nitrogens is 2. The van der Waals surface area contributed by atoms with Crippen LogP contribution in [0.3, 0.4) is 0 Å². The molecular formula is C13H11N5. The Morgan fingerprint density at radius 3 is 2.44 bits per heavy atom. The zero-order valence-corrected chi connectivity index (χ0v) is 9.61. The fourth-order valence-corrected chi connectivity index (χ4v) is 1.53. The van der Waals surface area contributed by atoms with Crippen LogP contribution in [0.5, 0.6) is 0 Å². The topological polar surface area (TPSA) is 88.0 Å². The van der Waals surface area contributed by atoms with E-state index in [4.69, 9.17) is 11.1 Å². The molecule has 1 aromatic carbocycles. The lowest BCUT2D eigenvalue weighted by Crippen LogP contribution is -2.03. The molecule has 0 bridgehead atoms. The first-order valence-corrected chi connectivity index (χ1v) is 5.36. The Labute approximate surface area is 105 Å². The zero-order chi connectivity index (χ0) is 12.8. The van der Waals surface area contributed by atoms with Gasteiger partial charge >= 0.3 is 0 Å². The number of benzene rings is 1. The molecule has 0 amide bonds. The van der Waals surface area contributed by atoms with Gasteiger partial charge in [0.1, 0.15) is 11.8 Å². The van der Waals surface area contributed by atoms with Crippen molar-refractivity contribution >= 4 is 5.71 Å². The molecule has 0 aliphatic carbocycles. The summed E-state index contributed by atoms with van der Waals surface area (Å²) in [5.41, 5.74) is 2.21. The van der Waals surface area contributed by atoms with Crippen molar-refractivity contribution in [1.29, 1.82) is 5.26 Å². The highest BCUT2D eigenvalue weighted by Crippen LogP contribution is 2.15. The maximum absolute atomic E-state index is 8.74. The minimum Gasteiger partial charge on any atom is -0.322 e. The molecular weight excluding hydrogens is 226 g/mol. The van der Waals surface area contributed by atoms with Crippen molar-refractivity contribution < 1.29 is 0 Å². The summed E-state index contributed by atoms with van der Waals surface area (Å²) in [4.78, 5) is 8.33. The van der Waals surface area contributed by atoms with E-state index >= 15 is 0 Å². The summed E-state index contributed by atoms with van der Waals surface area (Å²) in [5.74, 6) is 5.78. The fraction of sp³-hybridized carbons (Fsp3) is 0.0769. The van der Waals surface area contributed by atoms with Gasteiger partial charge in [-0.3, -0.25) is 0 Å². The van der Waals surface area contributed by atoms with Crippen LogP contribution < -0.4 is 5.84 Å². The van der Waals surface area contributed by atoms with Gasteiger partial charge in [0.05, 0.1) is 0 Å². The van der Waals surface area contributed by atoms with Crippen LogP contribution in [0.15, 0.2) is 47.8 Å². The maximum Gasteiger partial charge on any atom is 0.159 e. The van der Waals surface area contributed by atoms with Crippen molar-refractivity contribution in [3.63, 3.8) is 0 Å². The third-order valence-corrected chi connectivity index (χ3v) is 2.43. The van der Waals surface area contributed by atoms with Gasteiger partial charge in [0, 0.05) is 24.4 Å². The maximum atomic E-state index is 8.74. The van der Waals surface area contributed by atoms with E-state index in [0.717, 1.165) is 11.1 Å². The van der Waals surface area contributed by atoms with Gasteiger partial charge in [0.15, 0.2) is 5.82 Å². The highest BCUT2D eigenvalue weighted by atomic mass is 15.1. The zero-order valence-electron chi connectivity index (χ0n) is 9.61. The summed E-state index contributed by atoms with van der Waals surface area (Å²) < 4.78 is 0. The standard InChI is InChI=1S/C13H11N5/c14-9-12(18-15)8-10-2-4-11(5-3-10)13-16-6-1-7-17-13/h1-7H,8,15H2/b18-12-. The van der Waals surface area contributed by atoms with E-state index in [1.54, 1.807) is 18.5 Å². The summed E-state index contributed by atoms with van der Waals surface area (Å²) >= 11 is 0. The van der Waals surface area contributed by atoms with E-state index in [-0.39, 0.29) is 0 Å². The summed E-state index contributed by atoms with van der Waals surface area (Å²) in [6, 6.07) is 11.4. The first kappa shape index (κ1) is 11.7. The second-order valence-corrected chi connectivity index (χ2v) is 3.63. The first-order chi connectivity index (χ1) is 8.83. The normalized spacial score (nSPS) is 10.9. The molecule has 0 saturated carbocycles. The van der Waals surface area contributed by atoms with Gasteiger partial charge in [-0.25, -0.2) is 9.97 Å². The van der Waals surface area contributed by atoms with E-state index in [1.165, 1.54) is 0 Å². The average molecular weight is 237 g/mol. The van der Waals surface area contributed by atoms with Crippen LogP contribution >= 0.6 is 0 Å². The van der Waals surface area contributed by atoms with Crippen molar-refractivity contribution in [3.05, 3.63) is 48.3 Å². The SMILES string of the molecule is N#C/C(Cc1ccc(-c2ncccn2)cc1)=N\N. The van der Waals surface area contributed by atoms with Crippen LogP contribution in [0.25, 0.3) is 11.4 Å². The lowest BCUT2D eigenvalue weighted by atomic mass is 10.1. The minimum absolute atomic E-state index is 0.304. The quantitative estimate of drug-likeness (QED) is 0.498. The van der Waals surface area contributed by atoms with Gasteiger partial charge < -0.3 is 5.84 Å². The highest BCUT2D eigenvalue weighted by molar-refractivity contribution is 5.99. The average Bonchev–Trinajstić information content (AvgIpc) is 2.46. The van der Waals surface area contributed by atoms with Crippen molar-refractivity contribution in [2.75, 3.05) is 0 Å². The molecule has 2 aromatic rings. The molecule has 0 radical (unpaired) electrons. The van der Waals surface area contributed by atoms with E-state index in [9.17, 15) is 0 Å². The van der Waals surface area contributed by atoms with E-state index in [2.05, 4.69) is 15.1 Å². The monoisotopic (exact) mass is 237 g/mol. The molecule has 0 aliphatic rings. The lowest BCUT2D eigenvalue weighted by Gasteiger charge is -2.01. The Morgan fingerprint density at radius 1 is 1.22 bits per heavy atom. The van der Waals surface area contributed by atoms with Gasteiger partial charge in [-0.15, -0.1) is 0 Å². The number of nitriles is 1. The second kappa shape index (κ2) is 5.55. The number of hydrogen-bond donors (Lipinski definition) is 1. The van der Waals surface area contributed by atoms with Crippen LogP contribution in [0.2, 0.25) is 0 Å². The molecule has 0 aliphatic heterocycles. The molecule has 5 heteroatoms. The van der Waals surface area contributed by atoms with E-state index in [0.29, 0.717) is 18.0 Å². The van der Waals surface area contributed by atoms with Crippen LogP contribution in [0.1, 0.15) is 5.56 Å². The second-order valence-electron chi connectivity index (χ2n) is 3.63. The first-order valence-electron chi connectivity index (χ1n) is 5.36. The third-order valence-electron chi connectivity index (χ3n) is 2.43. The molecule has 0 fully saturated rings. The summed E-state index contributed by atoms with van der Waals surface area (Å²) in [6.07, 6.45) is 3.83. The molecule has 1 aromatic heterocycles. The van der Waals surface area contributed by atoms with Gasteiger partial charge in [-0.1, -0.05) is 24.3 Å². The molecule has 0 saturated heterocycles. The number of nitrogens with two attached hydrogens (primary N) is 1. The Hall–Kier alpha value is -2.74. The molecule has 88 valence electrons. The number of hydrogen-bond acceptors (Lipinski definition) is 5. The smallest absolute Gasteiger partial charge is 0.159 e. The number of rotatable bonds is 3. The Bertz CT molecular complexity index is 581.